The van der Waals surface area contributed by atoms with Gasteiger partial charge in [-0.1, -0.05) is 0 Å². The van der Waals surface area contributed by atoms with Crippen molar-refractivity contribution in [2.24, 2.45) is 17.8 Å². The van der Waals surface area contributed by atoms with Gasteiger partial charge in [-0.3, -0.25) is 4.79 Å². The van der Waals surface area contributed by atoms with E-state index in [0.29, 0.717) is 13.1 Å². The zero-order valence-electron chi connectivity index (χ0n) is 8.67. The minimum Gasteiger partial charge on any atom is -0.388 e. The summed E-state index contributed by atoms with van der Waals surface area (Å²) in [6.45, 7) is 0.623. The van der Waals surface area contributed by atoms with Crippen molar-refractivity contribution >= 4 is 5.91 Å². The molecule has 2 N–H and O–H groups in total. The number of β-amino-alcohol motifs (C(OH)–C–C–N with tert-alkyl or cyclic N) is 2. The quantitative estimate of drug-likeness (QED) is 0.620. The van der Waals surface area contributed by atoms with E-state index in [4.69, 9.17) is 0 Å². The minimum absolute atomic E-state index is 0.151. The average Bonchev–Trinajstić information content (AvgIpc) is 2.66. The van der Waals surface area contributed by atoms with E-state index in [1.54, 1.807) is 4.90 Å². The maximum atomic E-state index is 12.0. The van der Waals surface area contributed by atoms with Gasteiger partial charge in [-0.15, -0.1) is 0 Å². The summed E-state index contributed by atoms with van der Waals surface area (Å²) in [6, 6.07) is 0. The molecule has 84 valence electrons. The Balaban J connectivity index is 1.60. The first-order valence-electron chi connectivity index (χ1n) is 5.80. The maximum Gasteiger partial charge on any atom is 0.225 e. The van der Waals surface area contributed by atoms with Gasteiger partial charge < -0.3 is 15.1 Å². The van der Waals surface area contributed by atoms with Crippen molar-refractivity contribution in [3.05, 3.63) is 0 Å². The molecule has 4 heteroatoms. The standard InChI is InChI=1S/C11H17NO3/c13-9-4-12(5-10(9)14)11(15)8-2-6-1-7(6)3-8/h6-10,13-14H,1-5H2/t6?,7?,8?,9-,10+. The van der Waals surface area contributed by atoms with Crippen LogP contribution >= 0.6 is 0 Å². The highest BCUT2D eigenvalue weighted by Crippen LogP contribution is 2.54. The van der Waals surface area contributed by atoms with Crippen LogP contribution in [-0.4, -0.2) is 46.3 Å². The molecular formula is C11H17NO3. The SMILES string of the molecule is O=C(C1CC2CC2C1)N1C[C@@H](O)[C@@H](O)C1. The number of hydrogen-bond acceptors (Lipinski definition) is 3. The van der Waals surface area contributed by atoms with E-state index in [1.165, 1.54) is 6.42 Å². The lowest BCUT2D eigenvalue weighted by Crippen LogP contribution is -2.34. The highest BCUT2D eigenvalue weighted by molar-refractivity contribution is 5.79. The summed E-state index contributed by atoms with van der Waals surface area (Å²) >= 11 is 0. The number of nitrogens with zero attached hydrogens (tertiary/aromatic N) is 1. The number of likely N-dealkylation sites (tertiary alicyclic amines) is 1. The fraction of sp³-hybridized carbons (Fsp3) is 0.909. The Morgan fingerprint density at radius 3 is 2.07 bits per heavy atom. The van der Waals surface area contributed by atoms with Crippen molar-refractivity contribution in [2.45, 2.75) is 31.5 Å². The molecule has 4 nitrogen and oxygen atoms in total. The molecule has 0 bridgehead atoms. The van der Waals surface area contributed by atoms with Crippen molar-refractivity contribution in [3.63, 3.8) is 0 Å². The molecule has 15 heavy (non-hydrogen) atoms. The van der Waals surface area contributed by atoms with Crippen molar-refractivity contribution in [2.75, 3.05) is 13.1 Å². The van der Waals surface area contributed by atoms with Gasteiger partial charge in [-0.05, 0) is 31.1 Å². The largest absolute Gasteiger partial charge is 0.388 e. The number of aliphatic hydroxyl groups excluding tert-OH is 2. The summed E-state index contributed by atoms with van der Waals surface area (Å²) in [5.74, 6) is 1.93. The van der Waals surface area contributed by atoms with Gasteiger partial charge in [0.05, 0.1) is 12.2 Å². The van der Waals surface area contributed by atoms with E-state index < -0.39 is 12.2 Å². The van der Waals surface area contributed by atoms with E-state index in [0.717, 1.165) is 24.7 Å². The number of hydrogen-bond donors (Lipinski definition) is 2. The smallest absolute Gasteiger partial charge is 0.225 e. The molecule has 1 saturated heterocycles. The van der Waals surface area contributed by atoms with Crippen molar-refractivity contribution < 1.29 is 15.0 Å². The number of fused-ring (bicyclic) bond motifs is 1. The second-order valence-electron chi connectivity index (χ2n) is 5.30. The Hall–Kier alpha value is -0.610. The molecule has 0 spiro atoms. The molecule has 0 aromatic heterocycles. The zero-order valence-corrected chi connectivity index (χ0v) is 8.67. The Labute approximate surface area is 88.9 Å². The summed E-state index contributed by atoms with van der Waals surface area (Å²) in [5, 5.41) is 18.8. The molecule has 2 unspecified atom stereocenters. The molecule has 4 atom stereocenters. The van der Waals surface area contributed by atoms with Gasteiger partial charge in [0.15, 0.2) is 0 Å². The first-order valence-corrected chi connectivity index (χ1v) is 5.80. The molecular weight excluding hydrogens is 194 g/mol. The Kier molecular flexibility index (Phi) is 2.04. The molecule has 0 aromatic carbocycles. The van der Waals surface area contributed by atoms with Crippen LogP contribution in [-0.2, 0) is 4.79 Å². The van der Waals surface area contributed by atoms with Gasteiger partial charge in [0, 0.05) is 19.0 Å². The lowest BCUT2D eigenvalue weighted by Gasteiger charge is -2.20. The van der Waals surface area contributed by atoms with Gasteiger partial charge in [-0.2, -0.15) is 0 Å². The summed E-state index contributed by atoms with van der Waals surface area (Å²) in [6.07, 6.45) is 1.89. The van der Waals surface area contributed by atoms with E-state index in [9.17, 15) is 15.0 Å². The van der Waals surface area contributed by atoms with Crippen LogP contribution in [0.1, 0.15) is 19.3 Å². The predicted molar refractivity (Wildman–Crippen MR) is 52.9 cm³/mol. The molecule has 2 aliphatic carbocycles. The lowest BCUT2D eigenvalue weighted by atomic mass is 10.0. The first kappa shape index (κ1) is 9.60. The molecule has 3 aliphatic rings. The number of aliphatic hydroxyl groups is 2. The van der Waals surface area contributed by atoms with Gasteiger partial charge in [0.1, 0.15) is 0 Å². The van der Waals surface area contributed by atoms with Crippen LogP contribution in [0.2, 0.25) is 0 Å². The predicted octanol–water partition coefficient (Wildman–Crippen LogP) is -0.404. The fourth-order valence-electron chi connectivity index (χ4n) is 3.12. The van der Waals surface area contributed by atoms with Crippen LogP contribution < -0.4 is 0 Å². The molecule has 2 saturated carbocycles. The Morgan fingerprint density at radius 1 is 1.00 bits per heavy atom. The second kappa shape index (κ2) is 3.19. The average molecular weight is 211 g/mol. The third-order valence-corrected chi connectivity index (χ3v) is 4.16. The summed E-state index contributed by atoms with van der Waals surface area (Å²) in [5.41, 5.74) is 0. The van der Waals surface area contributed by atoms with Gasteiger partial charge >= 0.3 is 0 Å². The van der Waals surface area contributed by atoms with Crippen LogP contribution in [0, 0.1) is 17.8 Å². The molecule has 1 heterocycles. The van der Waals surface area contributed by atoms with Crippen LogP contribution in [0.5, 0.6) is 0 Å². The van der Waals surface area contributed by atoms with Crippen molar-refractivity contribution in [1.82, 2.24) is 4.90 Å². The molecule has 3 rings (SSSR count). The monoisotopic (exact) mass is 211 g/mol. The third kappa shape index (κ3) is 1.56. The fourth-order valence-corrected chi connectivity index (χ4v) is 3.12. The molecule has 3 fully saturated rings. The normalized spacial score (nSPS) is 48.1. The van der Waals surface area contributed by atoms with Crippen molar-refractivity contribution in [1.29, 1.82) is 0 Å². The van der Waals surface area contributed by atoms with Gasteiger partial charge in [-0.25, -0.2) is 0 Å². The second-order valence-corrected chi connectivity index (χ2v) is 5.30. The zero-order chi connectivity index (χ0) is 10.6. The minimum atomic E-state index is -0.745. The van der Waals surface area contributed by atoms with Gasteiger partial charge in [0.25, 0.3) is 0 Å². The van der Waals surface area contributed by atoms with E-state index in [2.05, 4.69) is 0 Å². The molecule has 0 radical (unpaired) electrons. The van der Waals surface area contributed by atoms with E-state index >= 15 is 0 Å². The molecule has 1 amide bonds. The Morgan fingerprint density at radius 2 is 1.53 bits per heavy atom. The number of carbonyl (C=O) groups is 1. The summed E-state index contributed by atoms with van der Waals surface area (Å²) in [4.78, 5) is 13.6. The Bertz CT molecular complexity index is 274. The molecule has 1 aliphatic heterocycles. The van der Waals surface area contributed by atoms with Crippen molar-refractivity contribution in [3.8, 4) is 0 Å². The summed E-state index contributed by atoms with van der Waals surface area (Å²) in [7, 11) is 0. The number of carbonyl (C=O) groups excluding carboxylic acids is 1. The lowest BCUT2D eigenvalue weighted by molar-refractivity contribution is -0.135. The third-order valence-electron chi connectivity index (χ3n) is 4.16. The van der Waals surface area contributed by atoms with Crippen LogP contribution in [0.4, 0.5) is 0 Å². The molecule has 0 aromatic rings. The first-order chi connectivity index (χ1) is 7.15. The highest BCUT2D eigenvalue weighted by atomic mass is 16.3. The number of amides is 1. The summed E-state index contributed by atoms with van der Waals surface area (Å²) < 4.78 is 0. The van der Waals surface area contributed by atoms with Crippen LogP contribution in [0.15, 0.2) is 0 Å². The van der Waals surface area contributed by atoms with Crippen LogP contribution in [0.3, 0.4) is 0 Å². The van der Waals surface area contributed by atoms with Crippen LogP contribution in [0.25, 0.3) is 0 Å². The van der Waals surface area contributed by atoms with Gasteiger partial charge in [0.2, 0.25) is 5.91 Å². The maximum absolute atomic E-state index is 12.0. The number of rotatable bonds is 1. The van der Waals surface area contributed by atoms with E-state index in [1.807, 2.05) is 0 Å². The highest BCUT2D eigenvalue weighted by Gasteiger charge is 2.49. The topological polar surface area (TPSA) is 60.8 Å². The van der Waals surface area contributed by atoms with E-state index in [-0.39, 0.29) is 11.8 Å².